The summed E-state index contributed by atoms with van der Waals surface area (Å²) in [5.41, 5.74) is -0.178. The number of hydrogen-bond donors (Lipinski definition) is 2. The van der Waals surface area contributed by atoms with E-state index in [1.54, 1.807) is 0 Å². The molecular weight excluding hydrogens is 222 g/mol. The molecule has 88 valence electrons. The highest BCUT2D eigenvalue weighted by Gasteiger charge is 2.19. The summed E-state index contributed by atoms with van der Waals surface area (Å²) in [6.45, 7) is 0. The van der Waals surface area contributed by atoms with Gasteiger partial charge in [-0.25, -0.2) is 8.78 Å². The second-order valence-corrected chi connectivity index (χ2v) is 3.09. The Kier molecular flexibility index (Phi) is 3.65. The molecule has 1 aromatic rings. The number of aromatic hydroxyl groups is 1. The molecular formula is C10H10F2O4. The molecule has 1 aromatic carbocycles. The highest BCUT2D eigenvalue weighted by Crippen LogP contribution is 2.33. The van der Waals surface area contributed by atoms with Crippen molar-refractivity contribution in [2.75, 3.05) is 7.11 Å². The van der Waals surface area contributed by atoms with Gasteiger partial charge in [-0.15, -0.1) is 0 Å². The average Bonchev–Trinajstić information content (AvgIpc) is 2.20. The number of ether oxygens (including phenoxy) is 1. The number of hydrogen-bond acceptors (Lipinski definition) is 3. The van der Waals surface area contributed by atoms with E-state index in [0.717, 1.165) is 7.11 Å². The van der Waals surface area contributed by atoms with E-state index in [1.807, 2.05) is 0 Å². The molecule has 0 aliphatic carbocycles. The molecule has 2 N–H and O–H groups in total. The molecule has 0 aliphatic heterocycles. The molecule has 0 saturated heterocycles. The highest BCUT2D eigenvalue weighted by atomic mass is 19.1. The third-order valence-corrected chi connectivity index (χ3v) is 2.05. The lowest BCUT2D eigenvalue weighted by atomic mass is 10.1. The minimum Gasteiger partial charge on any atom is -0.505 e. The van der Waals surface area contributed by atoms with Crippen LogP contribution in [0.5, 0.6) is 11.5 Å². The molecule has 0 unspecified atom stereocenters. The first-order valence-electron chi connectivity index (χ1n) is 4.43. The fraction of sp³-hybridized carbons (Fsp3) is 0.300. The lowest BCUT2D eigenvalue weighted by Gasteiger charge is -2.11. The molecule has 0 bridgehead atoms. The number of carboxylic acids is 1. The fourth-order valence-corrected chi connectivity index (χ4v) is 1.33. The van der Waals surface area contributed by atoms with Gasteiger partial charge in [0.05, 0.1) is 7.11 Å². The molecule has 0 heterocycles. The van der Waals surface area contributed by atoms with Gasteiger partial charge in [0.1, 0.15) is 0 Å². The monoisotopic (exact) mass is 232 g/mol. The second kappa shape index (κ2) is 4.78. The first kappa shape index (κ1) is 12.2. The summed E-state index contributed by atoms with van der Waals surface area (Å²) in [6, 6.07) is 0.485. The molecule has 0 aliphatic rings. The number of carbonyl (C=O) groups is 1. The maximum absolute atomic E-state index is 13.2. The number of carboxylic acid groups (broad SMARTS) is 1. The fourth-order valence-electron chi connectivity index (χ4n) is 1.33. The van der Waals surface area contributed by atoms with Crippen molar-refractivity contribution in [3.05, 3.63) is 23.3 Å². The van der Waals surface area contributed by atoms with E-state index in [4.69, 9.17) is 5.11 Å². The summed E-state index contributed by atoms with van der Waals surface area (Å²) >= 11 is 0. The van der Waals surface area contributed by atoms with Gasteiger partial charge in [-0.3, -0.25) is 4.79 Å². The molecule has 16 heavy (non-hydrogen) atoms. The SMILES string of the molecule is COc1c(F)cc(F)c(O)c1CCC(=O)O. The number of halogens is 2. The zero-order valence-corrected chi connectivity index (χ0v) is 8.46. The van der Waals surface area contributed by atoms with E-state index >= 15 is 0 Å². The zero-order chi connectivity index (χ0) is 12.3. The Morgan fingerprint density at radius 2 is 2.06 bits per heavy atom. The van der Waals surface area contributed by atoms with Gasteiger partial charge >= 0.3 is 5.97 Å². The predicted octanol–water partition coefficient (Wildman–Crippen LogP) is 1.70. The predicted molar refractivity (Wildman–Crippen MR) is 50.5 cm³/mol. The van der Waals surface area contributed by atoms with E-state index in [0.29, 0.717) is 6.07 Å². The quantitative estimate of drug-likeness (QED) is 0.829. The third kappa shape index (κ3) is 2.39. The molecule has 0 atom stereocenters. The molecule has 6 heteroatoms. The third-order valence-electron chi connectivity index (χ3n) is 2.05. The lowest BCUT2D eigenvalue weighted by Crippen LogP contribution is -2.02. The summed E-state index contributed by atoms with van der Waals surface area (Å²) < 4.78 is 30.8. The Morgan fingerprint density at radius 1 is 1.44 bits per heavy atom. The maximum atomic E-state index is 13.2. The Morgan fingerprint density at radius 3 is 2.56 bits per heavy atom. The van der Waals surface area contributed by atoms with Crippen LogP contribution < -0.4 is 4.74 Å². The second-order valence-electron chi connectivity index (χ2n) is 3.09. The Balaban J connectivity index is 3.17. The van der Waals surface area contributed by atoms with Gasteiger partial charge in [-0.2, -0.15) is 0 Å². The van der Waals surface area contributed by atoms with Gasteiger partial charge in [0.25, 0.3) is 0 Å². The summed E-state index contributed by atoms with van der Waals surface area (Å²) in [6.07, 6.45) is -0.564. The largest absolute Gasteiger partial charge is 0.505 e. The first-order valence-corrected chi connectivity index (χ1v) is 4.43. The zero-order valence-electron chi connectivity index (χ0n) is 8.46. The molecule has 0 radical (unpaired) electrons. The Labute approximate surface area is 90.1 Å². The molecule has 0 aromatic heterocycles. The number of methoxy groups -OCH3 is 1. The van der Waals surface area contributed by atoms with Gasteiger partial charge in [-0.05, 0) is 6.42 Å². The smallest absolute Gasteiger partial charge is 0.303 e. The van der Waals surface area contributed by atoms with Crippen molar-refractivity contribution in [1.29, 1.82) is 0 Å². The van der Waals surface area contributed by atoms with Gasteiger partial charge in [-0.1, -0.05) is 0 Å². The first-order chi connectivity index (χ1) is 7.47. The summed E-state index contributed by atoms with van der Waals surface area (Å²) in [4.78, 5) is 10.3. The van der Waals surface area contributed by atoms with Crippen LogP contribution in [-0.4, -0.2) is 23.3 Å². The van der Waals surface area contributed by atoms with Crippen LogP contribution in [0.4, 0.5) is 8.78 Å². The van der Waals surface area contributed by atoms with E-state index in [-0.39, 0.29) is 24.2 Å². The topological polar surface area (TPSA) is 66.8 Å². The van der Waals surface area contributed by atoms with Crippen molar-refractivity contribution in [2.24, 2.45) is 0 Å². The Bertz CT molecular complexity index is 418. The van der Waals surface area contributed by atoms with Gasteiger partial charge in [0, 0.05) is 18.1 Å². The molecule has 0 saturated carbocycles. The lowest BCUT2D eigenvalue weighted by molar-refractivity contribution is -0.136. The van der Waals surface area contributed by atoms with E-state index in [9.17, 15) is 18.7 Å². The summed E-state index contributed by atoms with van der Waals surface area (Å²) in [5.74, 6) is -4.36. The minimum atomic E-state index is -1.14. The van der Waals surface area contributed by atoms with Gasteiger partial charge in [0.2, 0.25) is 0 Å². The number of aliphatic carboxylic acids is 1. The van der Waals surface area contributed by atoms with Crippen LogP contribution in [0.15, 0.2) is 6.07 Å². The number of phenols is 1. The van der Waals surface area contributed by atoms with Crippen LogP contribution in [0, 0.1) is 11.6 Å². The van der Waals surface area contributed by atoms with Crippen molar-refractivity contribution in [1.82, 2.24) is 0 Å². The molecule has 0 spiro atoms. The Hall–Kier alpha value is -1.85. The van der Waals surface area contributed by atoms with E-state index in [2.05, 4.69) is 4.74 Å². The van der Waals surface area contributed by atoms with Crippen LogP contribution >= 0.6 is 0 Å². The standard InChI is InChI=1S/C10H10F2O4/c1-16-10-5(2-3-8(13)14)9(15)6(11)4-7(10)12/h4,15H,2-3H2,1H3,(H,13,14). The highest BCUT2D eigenvalue weighted by molar-refractivity contribution is 5.67. The van der Waals surface area contributed by atoms with Crippen molar-refractivity contribution in [3.8, 4) is 11.5 Å². The van der Waals surface area contributed by atoms with Crippen LogP contribution in [0.2, 0.25) is 0 Å². The van der Waals surface area contributed by atoms with Gasteiger partial charge < -0.3 is 14.9 Å². The van der Waals surface area contributed by atoms with Crippen molar-refractivity contribution in [2.45, 2.75) is 12.8 Å². The maximum Gasteiger partial charge on any atom is 0.303 e. The number of rotatable bonds is 4. The average molecular weight is 232 g/mol. The number of phenolic OH excluding ortho intramolecular Hbond substituents is 1. The van der Waals surface area contributed by atoms with Crippen molar-refractivity contribution < 1.29 is 28.5 Å². The van der Waals surface area contributed by atoms with Crippen molar-refractivity contribution in [3.63, 3.8) is 0 Å². The van der Waals surface area contributed by atoms with Gasteiger partial charge in [0.15, 0.2) is 23.1 Å². The van der Waals surface area contributed by atoms with E-state index < -0.39 is 23.4 Å². The minimum absolute atomic E-state index is 0.178. The molecule has 0 amide bonds. The van der Waals surface area contributed by atoms with Crippen LogP contribution in [0.25, 0.3) is 0 Å². The van der Waals surface area contributed by atoms with Crippen LogP contribution in [0.3, 0.4) is 0 Å². The van der Waals surface area contributed by atoms with E-state index in [1.165, 1.54) is 0 Å². The van der Waals surface area contributed by atoms with Crippen LogP contribution in [-0.2, 0) is 11.2 Å². The molecule has 4 nitrogen and oxygen atoms in total. The van der Waals surface area contributed by atoms with Crippen LogP contribution in [0.1, 0.15) is 12.0 Å². The normalized spacial score (nSPS) is 10.2. The van der Waals surface area contributed by atoms with Crippen molar-refractivity contribution >= 4 is 5.97 Å². The molecule has 0 fully saturated rings. The summed E-state index contributed by atoms with van der Waals surface area (Å²) in [7, 11) is 1.15. The molecule has 1 rings (SSSR count). The summed E-state index contributed by atoms with van der Waals surface area (Å²) in [5, 5.41) is 17.8. The number of benzene rings is 1.